The first-order valence-electron chi connectivity index (χ1n) is 5.08. The Morgan fingerprint density at radius 3 is 2.80 bits per heavy atom. The van der Waals surface area contributed by atoms with Gasteiger partial charge in [0.05, 0.1) is 7.11 Å². The van der Waals surface area contributed by atoms with E-state index in [1.54, 1.807) is 7.11 Å². The number of aryl methyl sites for hydroxylation is 1. The van der Waals surface area contributed by atoms with Crippen molar-refractivity contribution in [2.24, 2.45) is 0 Å². The molecule has 15 heavy (non-hydrogen) atoms. The van der Waals surface area contributed by atoms with Crippen LogP contribution in [0.5, 0.6) is 5.75 Å². The molecule has 0 N–H and O–H groups in total. The van der Waals surface area contributed by atoms with E-state index >= 15 is 0 Å². The average Bonchev–Trinajstić information content (AvgIpc) is 2.29. The molecule has 0 aliphatic heterocycles. The van der Waals surface area contributed by atoms with Crippen LogP contribution in [0.4, 0.5) is 0 Å². The Balaban J connectivity index is 2.55. The Hall–Kier alpha value is -1.57. The predicted molar refractivity (Wildman–Crippen MR) is 60.0 cm³/mol. The summed E-state index contributed by atoms with van der Waals surface area (Å²) in [5.41, 5.74) is 4.46. The molecular formula is C13H14O2. The lowest BCUT2D eigenvalue weighted by atomic mass is 9.87. The van der Waals surface area contributed by atoms with Crippen LogP contribution in [-0.2, 0) is 11.2 Å². The van der Waals surface area contributed by atoms with Crippen molar-refractivity contribution in [3.8, 4) is 5.75 Å². The Morgan fingerprint density at radius 2 is 2.13 bits per heavy atom. The third kappa shape index (κ3) is 1.67. The average molecular weight is 202 g/mol. The van der Waals surface area contributed by atoms with Gasteiger partial charge in [0.15, 0.2) is 0 Å². The fourth-order valence-corrected chi connectivity index (χ4v) is 2.03. The molecule has 1 aliphatic carbocycles. The minimum atomic E-state index is 0.847. The summed E-state index contributed by atoms with van der Waals surface area (Å²) in [6.07, 6.45) is 2.77. The Labute approximate surface area is 89.6 Å². The van der Waals surface area contributed by atoms with Gasteiger partial charge >= 0.3 is 0 Å². The van der Waals surface area contributed by atoms with Crippen molar-refractivity contribution in [1.82, 2.24) is 0 Å². The molecular weight excluding hydrogens is 188 g/mol. The first kappa shape index (κ1) is 9.97. The van der Waals surface area contributed by atoms with Gasteiger partial charge < -0.3 is 4.74 Å². The summed E-state index contributed by atoms with van der Waals surface area (Å²) < 4.78 is 5.19. The quantitative estimate of drug-likeness (QED) is 0.689. The largest absolute Gasteiger partial charge is 0.497 e. The second-order valence-corrected chi connectivity index (χ2v) is 3.79. The fourth-order valence-electron chi connectivity index (χ4n) is 2.03. The van der Waals surface area contributed by atoms with E-state index in [1.807, 2.05) is 19.1 Å². The van der Waals surface area contributed by atoms with Crippen molar-refractivity contribution < 1.29 is 9.53 Å². The lowest BCUT2D eigenvalue weighted by Crippen LogP contribution is -2.04. The number of rotatable bonds is 2. The number of fused-ring (bicyclic) bond motifs is 1. The van der Waals surface area contributed by atoms with Crippen LogP contribution < -0.4 is 4.74 Å². The van der Waals surface area contributed by atoms with Crippen LogP contribution in [-0.4, -0.2) is 13.4 Å². The highest BCUT2D eigenvalue weighted by Crippen LogP contribution is 2.32. The summed E-state index contributed by atoms with van der Waals surface area (Å²) in [6.45, 7) is 2.00. The Morgan fingerprint density at radius 1 is 1.33 bits per heavy atom. The highest BCUT2D eigenvalue weighted by atomic mass is 16.5. The van der Waals surface area contributed by atoms with E-state index in [2.05, 4.69) is 6.07 Å². The molecule has 2 heteroatoms. The van der Waals surface area contributed by atoms with Gasteiger partial charge in [0.1, 0.15) is 12.0 Å². The molecule has 0 fully saturated rings. The number of carbonyl (C=O) groups excluding carboxylic acids is 1. The summed E-state index contributed by atoms with van der Waals surface area (Å²) in [4.78, 5) is 10.8. The Kier molecular flexibility index (Phi) is 2.58. The lowest BCUT2D eigenvalue weighted by Gasteiger charge is -2.18. The Bertz CT molecular complexity index is 430. The maximum absolute atomic E-state index is 10.8. The molecule has 0 bridgehead atoms. The van der Waals surface area contributed by atoms with E-state index in [9.17, 15) is 4.79 Å². The van der Waals surface area contributed by atoms with Crippen LogP contribution in [0.3, 0.4) is 0 Å². The molecule has 0 unspecified atom stereocenters. The number of allylic oxidation sites excluding steroid dienone is 2. The number of hydrogen-bond acceptors (Lipinski definition) is 2. The number of aldehydes is 1. The van der Waals surface area contributed by atoms with Crippen molar-refractivity contribution in [3.05, 3.63) is 34.9 Å². The summed E-state index contributed by atoms with van der Waals surface area (Å²) in [6, 6.07) is 6.06. The fraction of sp³-hybridized carbons (Fsp3) is 0.308. The molecule has 0 radical (unpaired) electrons. The van der Waals surface area contributed by atoms with E-state index in [0.717, 1.165) is 41.6 Å². The molecule has 2 rings (SSSR count). The topological polar surface area (TPSA) is 26.3 Å². The highest BCUT2D eigenvalue weighted by molar-refractivity contribution is 5.89. The summed E-state index contributed by atoms with van der Waals surface area (Å²) >= 11 is 0. The van der Waals surface area contributed by atoms with Gasteiger partial charge in [0.25, 0.3) is 0 Å². The molecule has 1 aromatic carbocycles. The summed E-state index contributed by atoms with van der Waals surface area (Å²) in [7, 11) is 1.66. The second kappa shape index (κ2) is 3.89. The molecule has 1 aliphatic rings. The smallest absolute Gasteiger partial charge is 0.146 e. The summed E-state index contributed by atoms with van der Waals surface area (Å²) in [5, 5.41) is 0. The van der Waals surface area contributed by atoms with Gasteiger partial charge in [-0.2, -0.15) is 0 Å². The van der Waals surface area contributed by atoms with Crippen molar-refractivity contribution in [1.29, 1.82) is 0 Å². The van der Waals surface area contributed by atoms with Gasteiger partial charge in [-0.05, 0) is 54.2 Å². The number of ether oxygens (including phenoxy) is 1. The first-order chi connectivity index (χ1) is 7.26. The van der Waals surface area contributed by atoms with Gasteiger partial charge in [-0.3, -0.25) is 4.79 Å². The van der Waals surface area contributed by atoms with Crippen LogP contribution in [0, 0.1) is 0 Å². The van der Waals surface area contributed by atoms with Crippen LogP contribution in [0.15, 0.2) is 23.8 Å². The maximum atomic E-state index is 10.8. The van der Waals surface area contributed by atoms with Crippen LogP contribution in [0.1, 0.15) is 24.5 Å². The minimum Gasteiger partial charge on any atom is -0.497 e. The number of benzene rings is 1. The zero-order chi connectivity index (χ0) is 10.8. The van der Waals surface area contributed by atoms with Crippen molar-refractivity contribution in [3.63, 3.8) is 0 Å². The van der Waals surface area contributed by atoms with Crippen LogP contribution >= 0.6 is 0 Å². The van der Waals surface area contributed by atoms with E-state index < -0.39 is 0 Å². The van der Waals surface area contributed by atoms with Crippen LogP contribution in [0.25, 0.3) is 5.57 Å². The zero-order valence-corrected chi connectivity index (χ0v) is 9.04. The predicted octanol–water partition coefficient (Wildman–Crippen LogP) is 2.61. The van der Waals surface area contributed by atoms with Crippen molar-refractivity contribution in [2.45, 2.75) is 19.8 Å². The van der Waals surface area contributed by atoms with Gasteiger partial charge in [0, 0.05) is 0 Å². The number of carbonyl (C=O) groups is 1. The van der Waals surface area contributed by atoms with Crippen LogP contribution in [0.2, 0.25) is 0 Å². The molecule has 0 amide bonds. The molecule has 0 heterocycles. The standard InChI is InChI=1S/C13H14O2/c1-9-11(8-14)4-3-10-5-6-12(15-2)7-13(9)10/h5-8H,3-4H2,1-2H3. The number of hydrogen-bond donors (Lipinski definition) is 0. The van der Waals surface area contributed by atoms with Crippen molar-refractivity contribution in [2.75, 3.05) is 7.11 Å². The normalized spacial score (nSPS) is 14.8. The zero-order valence-electron chi connectivity index (χ0n) is 9.04. The molecule has 0 atom stereocenters. The maximum Gasteiger partial charge on any atom is 0.146 e. The summed E-state index contributed by atoms with van der Waals surface area (Å²) in [5.74, 6) is 0.847. The lowest BCUT2D eigenvalue weighted by molar-refractivity contribution is -0.105. The van der Waals surface area contributed by atoms with E-state index in [0.29, 0.717) is 0 Å². The highest BCUT2D eigenvalue weighted by Gasteiger charge is 2.15. The molecule has 0 saturated carbocycles. The number of methoxy groups -OCH3 is 1. The van der Waals surface area contributed by atoms with Gasteiger partial charge in [-0.15, -0.1) is 0 Å². The molecule has 1 aromatic rings. The van der Waals surface area contributed by atoms with Gasteiger partial charge in [-0.25, -0.2) is 0 Å². The van der Waals surface area contributed by atoms with E-state index in [4.69, 9.17) is 4.74 Å². The molecule has 78 valence electrons. The molecule has 0 aromatic heterocycles. The first-order valence-corrected chi connectivity index (χ1v) is 5.08. The monoisotopic (exact) mass is 202 g/mol. The van der Waals surface area contributed by atoms with E-state index in [-0.39, 0.29) is 0 Å². The molecule has 0 saturated heterocycles. The molecule has 2 nitrogen and oxygen atoms in total. The third-order valence-electron chi connectivity index (χ3n) is 3.01. The van der Waals surface area contributed by atoms with E-state index in [1.165, 1.54) is 5.56 Å². The van der Waals surface area contributed by atoms with Crippen molar-refractivity contribution >= 4 is 11.9 Å². The second-order valence-electron chi connectivity index (χ2n) is 3.79. The third-order valence-corrected chi connectivity index (χ3v) is 3.01. The van der Waals surface area contributed by atoms with Gasteiger partial charge in [0.2, 0.25) is 0 Å². The molecule has 0 spiro atoms. The minimum absolute atomic E-state index is 0.847. The SMILES string of the molecule is COc1ccc2c(c1)C(C)=C(C=O)CC2. The van der Waals surface area contributed by atoms with Gasteiger partial charge in [-0.1, -0.05) is 6.07 Å².